The molecule has 19 heavy (non-hydrogen) atoms. The van der Waals surface area contributed by atoms with E-state index >= 15 is 0 Å². The highest BCUT2D eigenvalue weighted by Crippen LogP contribution is 2.53. The second kappa shape index (κ2) is 5.83. The van der Waals surface area contributed by atoms with Crippen LogP contribution in [0.4, 0.5) is 0 Å². The molecule has 0 heterocycles. The molecule has 0 spiro atoms. The summed E-state index contributed by atoms with van der Waals surface area (Å²) in [5, 5.41) is 21.2. The number of nitriles is 1. The molecule has 0 amide bonds. The van der Waals surface area contributed by atoms with Crippen molar-refractivity contribution in [2.75, 3.05) is 0 Å². The summed E-state index contributed by atoms with van der Waals surface area (Å²) >= 11 is 0. The van der Waals surface area contributed by atoms with Gasteiger partial charge in [-0.15, -0.1) is 0 Å². The van der Waals surface area contributed by atoms with E-state index in [1.165, 1.54) is 25.7 Å². The molecule has 3 atom stereocenters. The minimum absolute atomic E-state index is 0.250. The van der Waals surface area contributed by atoms with E-state index in [9.17, 15) is 10.4 Å². The van der Waals surface area contributed by atoms with Crippen molar-refractivity contribution in [1.82, 2.24) is 0 Å². The van der Waals surface area contributed by atoms with Crippen molar-refractivity contribution in [3.63, 3.8) is 0 Å². The molecule has 0 aromatic carbocycles. The second-order valence-electron chi connectivity index (χ2n) is 7.04. The lowest BCUT2D eigenvalue weighted by Crippen LogP contribution is -2.56. The molecule has 2 saturated carbocycles. The molecule has 0 aliphatic heterocycles. The summed E-state index contributed by atoms with van der Waals surface area (Å²) in [6.45, 7) is 4.41. The van der Waals surface area contributed by atoms with Crippen molar-refractivity contribution < 1.29 is 5.11 Å². The monoisotopic (exact) mass is 263 g/mol. The summed E-state index contributed by atoms with van der Waals surface area (Å²) in [5.41, 5.74) is -1.24. The van der Waals surface area contributed by atoms with E-state index in [0.29, 0.717) is 5.92 Å². The van der Waals surface area contributed by atoms with Crippen molar-refractivity contribution in [1.29, 1.82) is 5.26 Å². The first-order valence-corrected chi connectivity index (χ1v) is 8.19. The van der Waals surface area contributed by atoms with Crippen molar-refractivity contribution in [3.05, 3.63) is 0 Å². The quantitative estimate of drug-likeness (QED) is 0.760. The van der Waals surface area contributed by atoms with Gasteiger partial charge in [-0.3, -0.25) is 0 Å². The van der Waals surface area contributed by atoms with Crippen LogP contribution in [0.3, 0.4) is 0 Å². The van der Waals surface area contributed by atoms with Gasteiger partial charge in [-0.1, -0.05) is 58.8 Å². The maximum atomic E-state index is 11.4. The van der Waals surface area contributed by atoms with Gasteiger partial charge in [0.15, 0.2) is 0 Å². The fourth-order valence-electron chi connectivity index (χ4n) is 4.47. The van der Waals surface area contributed by atoms with E-state index in [2.05, 4.69) is 19.9 Å². The van der Waals surface area contributed by atoms with Crippen LogP contribution in [0.2, 0.25) is 0 Å². The van der Waals surface area contributed by atoms with Crippen molar-refractivity contribution >= 4 is 0 Å². The number of rotatable bonds is 1. The molecular weight excluding hydrogens is 234 g/mol. The van der Waals surface area contributed by atoms with Crippen molar-refractivity contribution in [2.45, 2.75) is 83.7 Å². The van der Waals surface area contributed by atoms with Gasteiger partial charge in [0.25, 0.3) is 0 Å². The minimum Gasteiger partial charge on any atom is -0.388 e. The number of nitrogens with zero attached hydrogens (tertiary/aromatic N) is 1. The van der Waals surface area contributed by atoms with Gasteiger partial charge in [0.05, 0.1) is 17.1 Å². The standard InChI is InChI=1S/C17H29NO/c1-14-9-8-12-17(19,15(14)2)16(13-18)10-6-4-3-5-7-11-16/h14-15,19H,3-12H2,1-2H3. The average Bonchev–Trinajstić information content (AvgIpc) is 2.36. The third kappa shape index (κ3) is 2.55. The van der Waals surface area contributed by atoms with Crippen LogP contribution in [0.5, 0.6) is 0 Å². The first-order chi connectivity index (χ1) is 9.06. The predicted octanol–water partition coefficient (Wildman–Crippen LogP) is 4.43. The largest absolute Gasteiger partial charge is 0.388 e. The third-order valence-corrected chi connectivity index (χ3v) is 6.07. The van der Waals surface area contributed by atoms with Gasteiger partial charge in [-0.05, 0) is 31.1 Å². The molecule has 2 aliphatic carbocycles. The van der Waals surface area contributed by atoms with E-state index in [1.54, 1.807) is 0 Å². The fourth-order valence-corrected chi connectivity index (χ4v) is 4.47. The molecule has 2 heteroatoms. The van der Waals surface area contributed by atoms with Gasteiger partial charge in [-0.2, -0.15) is 5.26 Å². The Kier molecular flexibility index (Phi) is 4.56. The molecule has 3 unspecified atom stereocenters. The molecule has 2 aliphatic rings. The van der Waals surface area contributed by atoms with Gasteiger partial charge in [-0.25, -0.2) is 0 Å². The van der Waals surface area contributed by atoms with E-state index in [1.807, 2.05) is 0 Å². The Labute approximate surface area is 118 Å². The molecule has 0 aromatic heterocycles. The van der Waals surface area contributed by atoms with Crippen LogP contribution in [0.15, 0.2) is 0 Å². The van der Waals surface area contributed by atoms with Gasteiger partial charge in [0, 0.05) is 0 Å². The molecule has 0 bridgehead atoms. The zero-order valence-electron chi connectivity index (χ0n) is 12.6. The van der Waals surface area contributed by atoms with Gasteiger partial charge in [0.2, 0.25) is 0 Å². The highest BCUT2D eigenvalue weighted by atomic mass is 16.3. The Morgan fingerprint density at radius 2 is 1.53 bits per heavy atom. The Bertz CT molecular complexity index is 338. The number of hydrogen-bond acceptors (Lipinski definition) is 2. The van der Waals surface area contributed by atoms with Crippen LogP contribution in [0.25, 0.3) is 0 Å². The molecule has 2 fully saturated rings. The smallest absolute Gasteiger partial charge is 0.0863 e. The Morgan fingerprint density at radius 3 is 2.11 bits per heavy atom. The van der Waals surface area contributed by atoms with Crippen LogP contribution in [-0.2, 0) is 0 Å². The lowest BCUT2D eigenvalue weighted by Gasteiger charge is -2.52. The van der Waals surface area contributed by atoms with E-state index in [-0.39, 0.29) is 5.92 Å². The summed E-state index contributed by atoms with van der Waals surface area (Å²) < 4.78 is 0. The van der Waals surface area contributed by atoms with Crippen LogP contribution in [0, 0.1) is 28.6 Å². The maximum Gasteiger partial charge on any atom is 0.0863 e. The Hall–Kier alpha value is -0.550. The first-order valence-electron chi connectivity index (χ1n) is 8.19. The zero-order valence-corrected chi connectivity index (χ0v) is 12.6. The molecule has 0 saturated heterocycles. The zero-order chi connectivity index (χ0) is 13.9. The van der Waals surface area contributed by atoms with Gasteiger partial charge >= 0.3 is 0 Å². The summed E-state index contributed by atoms with van der Waals surface area (Å²) in [7, 11) is 0. The highest BCUT2D eigenvalue weighted by molar-refractivity contribution is 5.14. The molecule has 108 valence electrons. The minimum atomic E-state index is -0.753. The van der Waals surface area contributed by atoms with Gasteiger partial charge in [0.1, 0.15) is 0 Å². The molecule has 2 rings (SSSR count). The third-order valence-electron chi connectivity index (χ3n) is 6.07. The fraction of sp³-hybridized carbons (Fsp3) is 0.941. The number of hydrogen-bond donors (Lipinski definition) is 1. The topological polar surface area (TPSA) is 44.0 Å². The molecule has 0 aromatic rings. The predicted molar refractivity (Wildman–Crippen MR) is 77.5 cm³/mol. The lowest BCUT2D eigenvalue weighted by molar-refractivity contribution is -0.142. The molecular formula is C17H29NO. The second-order valence-corrected chi connectivity index (χ2v) is 7.04. The van der Waals surface area contributed by atoms with Gasteiger partial charge < -0.3 is 5.11 Å². The van der Waals surface area contributed by atoms with Crippen LogP contribution >= 0.6 is 0 Å². The maximum absolute atomic E-state index is 11.4. The van der Waals surface area contributed by atoms with Crippen LogP contribution in [-0.4, -0.2) is 10.7 Å². The van der Waals surface area contributed by atoms with E-state index in [0.717, 1.165) is 38.5 Å². The first kappa shape index (κ1) is 14.9. The highest BCUT2D eigenvalue weighted by Gasteiger charge is 2.55. The average molecular weight is 263 g/mol. The molecule has 1 N–H and O–H groups in total. The normalized spacial score (nSPS) is 39.9. The summed E-state index contributed by atoms with van der Waals surface area (Å²) in [6, 6.07) is 2.60. The van der Waals surface area contributed by atoms with E-state index < -0.39 is 11.0 Å². The van der Waals surface area contributed by atoms with Crippen molar-refractivity contribution in [2.24, 2.45) is 17.3 Å². The molecule has 2 nitrogen and oxygen atoms in total. The van der Waals surface area contributed by atoms with Crippen LogP contribution < -0.4 is 0 Å². The summed E-state index contributed by atoms with van der Waals surface area (Å²) in [4.78, 5) is 0. The molecule has 0 radical (unpaired) electrons. The SMILES string of the molecule is CC1CCCC(O)(C2(C#N)CCCCCCC2)C1C. The Morgan fingerprint density at radius 1 is 0.947 bits per heavy atom. The Balaban J connectivity index is 2.29. The van der Waals surface area contributed by atoms with Crippen molar-refractivity contribution in [3.8, 4) is 6.07 Å². The summed E-state index contributed by atoms with van der Waals surface area (Å²) in [6.07, 6.45) is 10.9. The van der Waals surface area contributed by atoms with E-state index in [4.69, 9.17) is 0 Å². The number of aliphatic hydroxyl groups is 1. The van der Waals surface area contributed by atoms with Crippen LogP contribution in [0.1, 0.15) is 78.1 Å². The lowest BCUT2D eigenvalue weighted by atomic mass is 9.55. The summed E-state index contributed by atoms with van der Waals surface area (Å²) in [5.74, 6) is 0.787.